The fourth-order valence-electron chi connectivity index (χ4n) is 2.35. The van der Waals surface area contributed by atoms with Crippen LogP contribution in [0.1, 0.15) is 11.1 Å². The molecule has 5 nitrogen and oxygen atoms in total. The van der Waals surface area contributed by atoms with Gasteiger partial charge in [-0.1, -0.05) is 52.9 Å². The summed E-state index contributed by atoms with van der Waals surface area (Å²) < 4.78 is 0.795. The molecule has 4 rings (SSSR count). The lowest BCUT2D eigenvalue weighted by molar-refractivity contribution is -0.110. The average Bonchev–Trinajstić information content (AvgIpc) is 3.14. The van der Waals surface area contributed by atoms with Crippen LogP contribution in [0, 0.1) is 6.92 Å². The Hall–Kier alpha value is -2.51. The number of nitrogens with zero attached hydrogens (tertiary/aromatic N) is 3. The van der Waals surface area contributed by atoms with E-state index in [1.807, 2.05) is 55.5 Å². The Morgan fingerprint density at radius 2 is 1.96 bits per heavy atom. The van der Waals surface area contributed by atoms with Gasteiger partial charge in [0.05, 0.1) is 5.69 Å². The standard InChI is InChI=1S/C17H12N4OS2/c1-10-7-8-13-12(9-10)14(15(22)18-13)19-16-20-21-17(24-16)23-11-5-3-2-4-6-11/h2-9H,1H3,(H,18,19,20,22). The van der Waals surface area contributed by atoms with E-state index in [1.165, 1.54) is 23.1 Å². The van der Waals surface area contributed by atoms with Gasteiger partial charge in [0.2, 0.25) is 5.13 Å². The molecule has 0 aliphatic carbocycles. The third-order valence-electron chi connectivity index (χ3n) is 3.45. The summed E-state index contributed by atoms with van der Waals surface area (Å²) in [5.74, 6) is -0.205. The van der Waals surface area contributed by atoms with Crippen molar-refractivity contribution in [2.75, 3.05) is 5.32 Å². The zero-order valence-electron chi connectivity index (χ0n) is 12.7. The lowest BCUT2D eigenvalue weighted by Gasteiger charge is -1.98. The predicted molar refractivity (Wildman–Crippen MR) is 96.5 cm³/mol. The molecule has 0 unspecified atom stereocenters. The molecule has 1 aliphatic heterocycles. The molecule has 0 radical (unpaired) electrons. The number of aliphatic imine (C=N–C) groups is 1. The van der Waals surface area contributed by atoms with Crippen LogP contribution in [0.5, 0.6) is 0 Å². The summed E-state index contributed by atoms with van der Waals surface area (Å²) in [6.07, 6.45) is 0. The summed E-state index contributed by atoms with van der Waals surface area (Å²) in [7, 11) is 0. The second-order valence-corrected chi connectivity index (χ2v) is 7.51. The topological polar surface area (TPSA) is 67.2 Å². The summed E-state index contributed by atoms with van der Waals surface area (Å²) in [5.41, 5.74) is 3.07. The van der Waals surface area contributed by atoms with Crippen LogP contribution >= 0.6 is 23.1 Å². The summed E-state index contributed by atoms with van der Waals surface area (Å²) in [4.78, 5) is 17.7. The highest BCUT2D eigenvalue weighted by molar-refractivity contribution is 8.01. The number of hydrogen-bond acceptors (Lipinski definition) is 6. The maximum Gasteiger partial charge on any atom is 0.275 e. The van der Waals surface area contributed by atoms with Crippen molar-refractivity contribution in [2.24, 2.45) is 4.99 Å². The zero-order valence-corrected chi connectivity index (χ0v) is 14.3. The van der Waals surface area contributed by atoms with Gasteiger partial charge in [0, 0.05) is 10.5 Å². The number of hydrogen-bond donors (Lipinski definition) is 1. The Bertz CT molecular complexity index is 950. The first-order valence-corrected chi connectivity index (χ1v) is 8.90. The molecular formula is C17H12N4OS2. The first-order valence-electron chi connectivity index (χ1n) is 7.26. The largest absolute Gasteiger partial charge is 0.320 e. The van der Waals surface area contributed by atoms with Crippen LogP contribution in [0.25, 0.3) is 0 Å². The van der Waals surface area contributed by atoms with Crippen molar-refractivity contribution >= 4 is 45.5 Å². The fourth-order valence-corrected chi connectivity index (χ4v) is 4.06. The van der Waals surface area contributed by atoms with Gasteiger partial charge in [0.15, 0.2) is 4.34 Å². The minimum Gasteiger partial charge on any atom is -0.320 e. The maximum absolute atomic E-state index is 12.2. The van der Waals surface area contributed by atoms with E-state index in [0.717, 1.165) is 26.0 Å². The molecule has 0 fully saturated rings. The van der Waals surface area contributed by atoms with Gasteiger partial charge in [0.25, 0.3) is 5.91 Å². The molecule has 118 valence electrons. The zero-order chi connectivity index (χ0) is 16.5. The van der Waals surface area contributed by atoms with E-state index in [0.29, 0.717) is 10.8 Å². The SMILES string of the molecule is Cc1ccc2c(c1)/C(=N/c1nnc(Sc3ccccc3)s1)C(=O)N2. The average molecular weight is 352 g/mol. The molecule has 1 aromatic heterocycles. The Kier molecular flexibility index (Phi) is 3.87. The third kappa shape index (κ3) is 2.95. The lowest BCUT2D eigenvalue weighted by atomic mass is 10.1. The highest BCUT2D eigenvalue weighted by Gasteiger charge is 2.26. The van der Waals surface area contributed by atoms with E-state index in [2.05, 4.69) is 20.5 Å². The molecule has 0 bridgehead atoms. The normalized spacial score (nSPS) is 14.7. The fraction of sp³-hybridized carbons (Fsp3) is 0.0588. The minimum absolute atomic E-state index is 0.205. The number of aryl methyl sites for hydroxylation is 1. The number of anilines is 1. The Labute approximate surface area is 146 Å². The quantitative estimate of drug-likeness (QED) is 0.771. The molecule has 1 aliphatic rings. The maximum atomic E-state index is 12.2. The summed E-state index contributed by atoms with van der Waals surface area (Å²) in [5, 5.41) is 11.5. The highest BCUT2D eigenvalue weighted by atomic mass is 32.2. The van der Waals surface area contributed by atoms with Crippen molar-refractivity contribution in [1.29, 1.82) is 0 Å². The number of aromatic nitrogens is 2. The van der Waals surface area contributed by atoms with E-state index in [1.54, 1.807) is 0 Å². The van der Waals surface area contributed by atoms with Crippen molar-refractivity contribution < 1.29 is 4.79 Å². The molecule has 3 aromatic rings. The second kappa shape index (κ2) is 6.18. The number of carbonyl (C=O) groups excluding carboxylic acids is 1. The third-order valence-corrected chi connectivity index (χ3v) is 5.32. The first kappa shape index (κ1) is 15.0. The van der Waals surface area contributed by atoms with Gasteiger partial charge in [-0.25, -0.2) is 4.99 Å². The first-order chi connectivity index (χ1) is 11.7. The number of rotatable bonds is 3. The van der Waals surface area contributed by atoms with Gasteiger partial charge >= 0.3 is 0 Å². The monoisotopic (exact) mass is 352 g/mol. The van der Waals surface area contributed by atoms with Crippen molar-refractivity contribution in [2.45, 2.75) is 16.2 Å². The molecule has 2 aromatic carbocycles. The van der Waals surface area contributed by atoms with Crippen LogP contribution in [0.2, 0.25) is 0 Å². The molecule has 2 heterocycles. The highest BCUT2D eigenvalue weighted by Crippen LogP contribution is 2.34. The van der Waals surface area contributed by atoms with Gasteiger partial charge < -0.3 is 5.32 Å². The lowest BCUT2D eigenvalue weighted by Crippen LogP contribution is -2.13. The van der Waals surface area contributed by atoms with Gasteiger partial charge in [-0.3, -0.25) is 4.79 Å². The van der Waals surface area contributed by atoms with Gasteiger partial charge in [-0.05, 0) is 31.2 Å². The van der Waals surface area contributed by atoms with Crippen LogP contribution in [-0.4, -0.2) is 21.8 Å². The number of benzene rings is 2. The number of fused-ring (bicyclic) bond motifs is 1. The van der Waals surface area contributed by atoms with E-state index in [4.69, 9.17) is 0 Å². The van der Waals surface area contributed by atoms with E-state index in [-0.39, 0.29) is 5.91 Å². The predicted octanol–water partition coefficient (Wildman–Crippen LogP) is 4.07. The molecule has 1 amide bonds. The number of carbonyl (C=O) groups is 1. The van der Waals surface area contributed by atoms with Crippen LogP contribution < -0.4 is 5.32 Å². The number of nitrogens with one attached hydrogen (secondary N) is 1. The van der Waals surface area contributed by atoms with Crippen LogP contribution in [-0.2, 0) is 4.79 Å². The van der Waals surface area contributed by atoms with E-state index >= 15 is 0 Å². The summed E-state index contributed by atoms with van der Waals surface area (Å²) in [6, 6.07) is 15.8. The Balaban J connectivity index is 1.63. The van der Waals surface area contributed by atoms with Crippen molar-refractivity contribution in [3.05, 3.63) is 59.7 Å². The second-order valence-electron chi connectivity index (χ2n) is 5.23. The van der Waals surface area contributed by atoms with E-state index < -0.39 is 0 Å². The molecule has 24 heavy (non-hydrogen) atoms. The van der Waals surface area contributed by atoms with E-state index in [9.17, 15) is 4.79 Å². The molecular weight excluding hydrogens is 340 g/mol. The molecule has 0 saturated heterocycles. The smallest absolute Gasteiger partial charge is 0.275 e. The molecule has 1 N–H and O–H groups in total. The Morgan fingerprint density at radius 3 is 2.79 bits per heavy atom. The summed E-state index contributed by atoms with van der Waals surface area (Å²) >= 11 is 2.90. The van der Waals surface area contributed by atoms with Crippen molar-refractivity contribution in [1.82, 2.24) is 10.2 Å². The van der Waals surface area contributed by atoms with Crippen LogP contribution in [0.3, 0.4) is 0 Å². The molecule has 0 atom stereocenters. The van der Waals surface area contributed by atoms with Crippen LogP contribution in [0.4, 0.5) is 10.8 Å². The molecule has 0 saturated carbocycles. The minimum atomic E-state index is -0.205. The Morgan fingerprint density at radius 1 is 1.12 bits per heavy atom. The van der Waals surface area contributed by atoms with Gasteiger partial charge in [0.1, 0.15) is 5.71 Å². The van der Waals surface area contributed by atoms with Gasteiger partial charge in [-0.2, -0.15) is 0 Å². The van der Waals surface area contributed by atoms with Crippen LogP contribution in [0.15, 0.2) is 62.8 Å². The molecule has 7 heteroatoms. The van der Waals surface area contributed by atoms with Gasteiger partial charge in [-0.15, -0.1) is 10.2 Å². The number of amides is 1. The molecule has 0 spiro atoms. The summed E-state index contributed by atoms with van der Waals surface area (Å²) in [6.45, 7) is 1.99. The van der Waals surface area contributed by atoms with Crippen molar-refractivity contribution in [3.63, 3.8) is 0 Å². The van der Waals surface area contributed by atoms with Crippen molar-refractivity contribution in [3.8, 4) is 0 Å².